The molecule has 0 radical (unpaired) electrons. The van der Waals surface area contributed by atoms with Crippen LogP contribution in [0.15, 0.2) is 24.3 Å². The van der Waals surface area contributed by atoms with Crippen molar-refractivity contribution in [2.75, 3.05) is 46.0 Å². The van der Waals surface area contributed by atoms with E-state index >= 15 is 0 Å². The molecule has 2 aliphatic heterocycles. The van der Waals surface area contributed by atoms with Crippen LogP contribution in [-0.2, 0) is 10.0 Å². The number of aromatic nitrogens is 2. The lowest BCUT2D eigenvalue weighted by molar-refractivity contribution is -0.0222. The molecule has 1 aromatic carbocycles. The summed E-state index contributed by atoms with van der Waals surface area (Å²) in [4.78, 5) is 26.3. The predicted molar refractivity (Wildman–Crippen MR) is 152 cm³/mol. The Kier molecular flexibility index (Phi) is 7.08. The molecule has 4 fully saturated rings. The lowest BCUT2D eigenvalue weighted by Crippen LogP contribution is -2.42. The number of rotatable bonds is 7. The number of amides is 1. The molecule has 222 valence electrons. The fourth-order valence-corrected chi connectivity index (χ4v) is 7.54. The van der Waals surface area contributed by atoms with E-state index in [0.717, 1.165) is 25.9 Å². The zero-order valence-corrected chi connectivity index (χ0v) is 23.9. The highest BCUT2D eigenvalue weighted by Crippen LogP contribution is 2.54. The van der Waals surface area contributed by atoms with E-state index in [9.17, 15) is 27.1 Å². The molecule has 1 aromatic heterocycles. The summed E-state index contributed by atoms with van der Waals surface area (Å²) in [6.45, 7) is 3.54. The number of sulfonamides is 1. The van der Waals surface area contributed by atoms with Gasteiger partial charge in [-0.15, -0.1) is 0 Å². The number of hydrogen-bond donors (Lipinski definition) is 3. The number of aliphatic hydroxyl groups excluding tert-OH is 1. The summed E-state index contributed by atoms with van der Waals surface area (Å²) in [6.07, 6.45) is 3.77. The second-order valence-corrected chi connectivity index (χ2v) is 14.1. The molecule has 3 N–H and O–H groups in total. The van der Waals surface area contributed by atoms with Gasteiger partial charge in [0.25, 0.3) is 11.8 Å². The maximum absolute atomic E-state index is 13.7. The van der Waals surface area contributed by atoms with E-state index in [2.05, 4.69) is 24.9 Å². The van der Waals surface area contributed by atoms with Gasteiger partial charge in [-0.25, -0.2) is 22.2 Å². The van der Waals surface area contributed by atoms with E-state index in [1.54, 1.807) is 36.1 Å². The van der Waals surface area contributed by atoms with Crippen LogP contribution in [0.3, 0.4) is 0 Å². The van der Waals surface area contributed by atoms with Crippen molar-refractivity contribution in [1.82, 2.24) is 9.97 Å². The third kappa shape index (κ3) is 6.11. The van der Waals surface area contributed by atoms with Crippen LogP contribution >= 0.6 is 0 Å². The first kappa shape index (κ1) is 28.1. The number of hydrogen-bond acceptors (Lipinski definition) is 8. The summed E-state index contributed by atoms with van der Waals surface area (Å²) < 4.78 is 55.6. The fraction of sp³-hybridized carbons (Fsp3) is 0.607. The Hall–Kier alpha value is -3.06. The number of halogens is 2. The topological polar surface area (TPSA) is 128 Å². The van der Waals surface area contributed by atoms with Gasteiger partial charge in [-0.1, -0.05) is 0 Å². The Labute approximate surface area is 238 Å². The first-order chi connectivity index (χ1) is 19.4. The van der Waals surface area contributed by atoms with Crippen molar-refractivity contribution in [2.24, 2.45) is 5.41 Å². The molecule has 0 unspecified atom stereocenters. The molecule has 3 heterocycles. The van der Waals surface area contributed by atoms with Crippen molar-refractivity contribution in [3.05, 3.63) is 35.5 Å². The van der Waals surface area contributed by atoms with E-state index in [4.69, 9.17) is 0 Å². The average molecular weight is 591 g/mol. The number of nitrogens with one attached hydrogen (secondary N) is 2. The van der Waals surface area contributed by atoms with Crippen LogP contribution in [0.2, 0.25) is 0 Å². The van der Waals surface area contributed by atoms with E-state index in [0.29, 0.717) is 34.0 Å². The van der Waals surface area contributed by atoms with E-state index in [1.165, 1.54) is 12.8 Å². The highest BCUT2D eigenvalue weighted by Gasteiger charge is 2.45. The maximum atomic E-state index is 13.7. The molecule has 2 saturated carbocycles. The van der Waals surface area contributed by atoms with Crippen LogP contribution in [0.25, 0.3) is 0 Å². The lowest BCUT2D eigenvalue weighted by atomic mass is 9.93. The summed E-state index contributed by atoms with van der Waals surface area (Å²) >= 11 is 0. The van der Waals surface area contributed by atoms with Crippen LogP contribution in [0, 0.1) is 12.3 Å². The van der Waals surface area contributed by atoms with Gasteiger partial charge in [-0.2, -0.15) is 4.98 Å². The largest absolute Gasteiger partial charge is 0.393 e. The number of anilines is 4. The van der Waals surface area contributed by atoms with Crippen molar-refractivity contribution < 1.29 is 27.1 Å². The van der Waals surface area contributed by atoms with Gasteiger partial charge in [-0.05, 0) is 69.1 Å². The molecule has 1 spiro atoms. The highest BCUT2D eigenvalue weighted by molar-refractivity contribution is 7.93. The second kappa shape index (κ2) is 10.3. The first-order valence-corrected chi connectivity index (χ1v) is 15.8. The molecule has 2 aromatic rings. The van der Waals surface area contributed by atoms with Crippen molar-refractivity contribution >= 4 is 39.1 Å². The number of carbonyl (C=O) groups excluding carboxylic acids is 1. The van der Waals surface area contributed by atoms with Crippen molar-refractivity contribution in [3.63, 3.8) is 0 Å². The Morgan fingerprint density at radius 3 is 2.27 bits per heavy atom. The van der Waals surface area contributed by atoms with Gasteiger partial charge in [0.2, 0.25) is 16.0 Å². The highest BCUT2D eigenvalue weighted by atomic mass is 32.2. The van der Waals surface area contributed by atoms with Crippen LogP contribution in [-0.4, -0.2) is 72.9 Å². The minimum absolute atomic E-state index is 0.127. The van der Waals surface area contributed by atoms with Crippen LogP contribution in [0.4, 0.5) is 31.9 Å². The van der Waals surface area contributed by atoms with Crippen LogP contribution in [0.1, 0.15) is 67.4 Å². The Bertz CT molecular complexity index is 1430. The number of alkyl halides is 2. The van der Waals surface area contributed by atoms with Gasteiger partial charge in [0.15, 0.2) is 0 Å². The van der Waals surface area contributed by atoms with E-state index in [-0.39, 0.29) is 44.6 Å². The number of aryl methyl sites for hydroxylation is 1. The number of aliphatic hydroxyl groups is 1. The monoisotopic (exact) mass is 590 g/mol. The normalized spacial score (nSPS) is 25.0. The summed E-state index contributed by atoms with van der Waals surface area (Å²) in [7, 11) is -3.67. The summed E-state index contributed by atoms with van der Waals surface area (Å²) in [6, 6.07) is 6.52. The third-order valence-corrected chi connectivity index (χ3v) is 10.8. The maximum Gasteiger partial charge on any atom is 0.258 e. The molecule has 0 atom stereocenters. The minimum atomic E-state index is -3.67. The number of piperidine rings is 2. The molecule has 0 bridgehead atoms. The van der Waals surface area contributed by atoms with E-state index in [1.807, 2.05) is 0 Å². The zero-order chi connectivity index (χ0) is 29.0. The molecule has 1 amide bonds. The number of benzene rings is 1. The summed E-state index contributed by atoms with van der Waals surface area (Å²) in [5, 5.41) is 11.8. The second-order valence-electron chi connectivity index (χ2n) is 12.1. The molecule has 13 heteroatoms. The molecular formula is C28H36F2N6O4S. The zero-order valence-electron chi connectivity index (χ0n) is 23.1. The fourth-order valence-electron chi connectivity index (χ4n) is 5.96. The smallest absolute Gasteiger partial charge is 0.258 e. The molecule has 2 aliphatic carbocycles. The quantitative estimate of drug-likeness (QED) is 0.443. The van der Waals surface area contributed by atoms with Crippen LogP contribution in [0.5, 0.6) is 0 Å². The van der Waals surface area contributed by atoms with Crippen molar-refractivity contribution in [3.8, 4) is 0 Å². The summed E-state index contributed by atoms with van der Waals surface area (Å²) in [5.41, 5.74) is 2.40. The van der Waals surface area contributed by atoms with Gasteiger partial charge in [0.05, 0.1) is 28.3 Å². The molecule has 4 aliphatic rings. The summed E-state index contributed by atoms with van der Waals surface area (Å²) in [5.74, 6) is -2.53. The van der Waals surface area contributed by atoms with E-state index < -0.39 is 33.2 Å². The van der Waals surface area contributed by atoms with Gasteiger partial charge < -0.3 is 20.2 Å². The van der Waals surface area contributed by atoms with Gasteiger partial charge in [-0.3, -0.25) is 9.52 Å². The predicted octanol–water partition coefficient (Wildman–Crippen LogP) is 3.92. The van der Waals surface area contributed by atoms with Gasteiger partial charge >= 0.3 is 0 Å². The molecular weight excluding hydrogens is 554 g/mol. The number of nitrogens with zero attached hydrogens (tertiary/aromatic N) is 4. The molecule has 2 saturated heterocycles. The molecule has 6 rings (SSSR count). The van der Waals surface area contributed by atoms with Crippen LogP contribution < -0.4 is 19.8 Å². The third-order valence-electron chi connectivity index (χ3n) is 8.99. The Morgan fingerprint density at radius 1 is 0.976 bits per heavy atom. The average Bonchev–Trinajstić information content (AvgIpc) is 3.65. The van der Waals surface area contributed by atoms with Crippen molar-refractivity contribution in [1.29, 1.82) is 0 Å². The number of carbonyl (C=O) groups is 1. The lowest BCUT2D eigenvalue weighted by Gasteiger charge is -2.35. The Morgan fingerprint density at radius 2 is 1.63 bits per heavy atom. The molecule has 41 heavy (non-hydrogen) atoms. The SMILES string of the molecule is Cc1cc(NC(=O)c2ccc(NS(=O)(=O)C3CC(O)C3)cc2N2CCC3(CC2)CC3)nc(N2CCC(F)(F)CC2)n1. The first-order valence-electron chi connectivity index (χ1n) is 14.3. The van der Waals surface area contributed by atoms with Gasteiger partial charge in [0, 0.05) is 50.8 Å². The van der Waals surface area contributed by atoms with Gasteiger partial charge in [0.1, 0.15) is 5.82 Å². The van der Waals surface area contributed by atoms with Crippen molar-refractivity contribution in [2.45, 2.75) is 75.6 Å². The standard InChI is InChI=1S/C28H36F2N6O4S/c1-18-14-24(33-26(31-18)36-12-8-28(29,30)9-13-36)32-25(38)22-3-2-19(34-41(39,40)21-16-20(37)17-21)15-23(22)35-10-6-27(4-5-27)7-11-35/h2-3,14-15,20-21,34,37H,4-13,16-17H2,1H3,(H,31,32,33,38). The Balaban J connectivity index is 1.24. The molecule has 10 nitrogen and oxygen atoms in total. The minimum Gasteiger partial charge on any atom is -0.393 e.